The Kier molecular flexibility index (Phi) is 4.55. The zero-order chi connectivity index (χ0) is 18.2. The Morgan fingerprint density at radius 3 is 2.40 bits per heavy atom. The smallest absolute Gasteiger partial charge is 0.286 e. The summed E-state index contributed by atoms with van der Waals surface area (Å²) in [4.78, 5) is 18.1. The summed E-state index contributed by atoms with van der Waals surface area (Å²) in [5.41, 5.74) is 0.702. The minimum atomic E-state index is -3.73. The summed E-state index contributed by atoms with van der Waals surface area (Å²) in [7, 11) is -0.0924. The summed E-state index contributed by atoms with van der Waals surface area (Å²) in [5, 5.41) is 5.71. The van der Waals surface area contributed by atoms with Crippen molar-refractivity contribution in [1.82, 2.24) is 4.90 Å². The number of amides is 1. The summed E-state index contributed by atoms with van der Waals surface area (Å²) in [5.74, 6) is 0.762. The minimum Gasteiger partial charge on any atom is -0.457 e. The highest BCUT2D eigenvalue weighted by atomic mass is 32.2. The normalized spacial score (nSPS) is 16.4. The second kappa shape index (κ2) is 6.51. The first-order valence-corrected chi connectivity index (χ1v) is 9.53. The number of thioether (sulfide) groups is 1. The molecule has 0 unspecified atom stereocenters. The molecule has 0 fully saturated rings. The molecule has 0 spiro atoms. The molecule has 0 bridgehead atoms. The van der Waals surface area contributed by atoms with E-state index in [0.29, 0.717) is 27.2 Å². The van der Waals surface area contributed by atoms with Gasteiger partial charge in [0.05, 0.1) is 9.80 Å². The molecule has 1 aromatic heterocycles. The lowest BCUT2D eigenvalue weighted by Crippen LogP contribution is -2.16. The van der Waals surface area contributed by atoms with Gasteiger partial charge in [-0.15, -0.1) is 0 Å². The maximum Gasteiger partial charge on any atom is 0.286 e. The third-order valence-electron chi connectivity index (χ3n) is 3.36. The molecule has 1 aliphatic heterocycles. The van der Waals surface area contributed by atoms with Gasteiger partial charge in [-0.05, 0) is 48.2 Å². The standard InChI is InChI=1S/C16H15N3O4S2/c1-19(2)16-18-15(20)14(24-16)9-11-5-8-13(23-11)10-3-6-12(7-4-10)25(17,21)22/h3-9H,1-2H3,(H2,17,21,22)/b14-9-. The van der Waals surface area contributed by atoms with E-state index in [1.54, 1.807) is 35.2 Å². The lowest BCUT2D eigenvalue weighted by Gasteiger charge is -2.08. The SMILES string of the molecule is CN(C)C1=NC(=O)/C(=C/c2ccc(-c3ccc(S(N)(=O)=O)cc3)o2)S1. The van der Waals surface area contributed by atoms with Crippen molar-refractivity contribution in [3.63, 3.8) is 0 Å². The van der Waals surface area contributed by atoms with Crippen LogP contribution in [0.3, 0.4) is 0 Å². The zero-order valence-corrected chi connectivity index (χ0v) is 15.1. The second-order valence-corrected chi connectivity index (χ2v) is 8.05. The van der Waals surface area contributed by atoms with Crippen molar-refractivity contribution in [3.05, 3.63) is 47.1 Å². The van der Waals surface area contributed by atoms with Crippen LogP contribution in [-0.4, -0.2) is 38.5 Å². The molecule has 9 heteroatoms. The quantitative estimate of drug-likeness (QED) is 0.821. The van der Waals surface area contributed by atoms with Gasteiger partial charge in [-0.2, -0.15) is 4.99 Å². The molecule has 0 radical (unpaired) electrons. The molecule has 7 nitrogen and oxygen atoms in total. The zero-order valence-electron chi connectivity index (χ0n) is 13.5. The first-order valence-electron chi connectivity index (χ1n) is 7.17. The molecule has 0 aliphatic carbocycles. The molecule has 130 valence electrons. The summed E-state index contributed by atoms with van der Waals surface area (Å²) in [6, 6.07) is 9.53. The fourth-order valence-electron chi connectivity index (χ4n) is 2.11. The van der Waals surface area contributed by atoms with E-state index in [9.17, 15) is 13.2 Å². The number of amidine groups is 1. The number of hydrogen-bond donors (Lipinski definition) is 1. The highest BCUT2D eigenvalue weighted by Gasteiger charge is 2.23. The average Bonchev–Trinajstić information content (AvgIpc) is 3.15. The number of sulfonamides is 1. The van der Waals surface area contributed by atoms with Crippen LogP contribution in [-0.2, 0) is 14.8 Å². The first kappa shape index (κ1) is 17.5. The number of furan rings is 1. The van der Waals surface area contributed by atoms with Crippen LogP contribution in [0.4, 0.5) is 0 Å². The lowest BCUT2D eigenvalue weighted by molar-refractivity contribution is -0.113. The summed E-state index contributed by atoms with van der Waals surface area (Å²) < 4.78 is 28.3. The van der Waals surface area contributed by atoms with Crippen LogP contribution in [0.5, 0.6) is 0 Å². The van der Waals surface area contributed by atoms with Crippen LogP contribution in [0.15, 0.2) is 55.6 Å². The number of nitrogens with zero attached hydrogens (tertiary/aromatic N) is 2. The Labute approximate surface area is 149 Å². The molecule has 0 atom stereocenters. The highest BCUT2D eigenvalue weighted by Crippen LogP contribution is 2.31. The Hall–Kier alpha value is -2.36. The minimum absolute atomic E-state index is 0.0338. The van der Waals surface area contributed by atoms with Gasteiger partial charge < -0.3 is 9.32 Å². The first-order chi connectivity index (χ1) is 11.7. The molecule has 3 rings (SSSR count). The van der Waals surface area contributed by atoms with Crippen molar-refractivity contribution in [3.8, 4) is 11.3 Å². The van der Waals surface area contributed by atoms with E-state index >= 15 is 0 Å². The maximum atomic E-state index is 11.9. The van der Waals surface area contributed by atoms with Gasteiger partial charge in [-0.3, -0.25) is 4.79 Å². The highest BCUT2D eigenvalue weighted by molar-refractivity contribution is 8.18. The number of aliphatic imine (C=N–C) groups is 1. The molecule has 0 saturated carbocycles. The predicted octanol–water partition coefficient (Wildman–Crippen LogP) is 2.13. The predicted molar refractivity (Wildman–Crippen MR) is 97.2 cm³/mol. The Balaban J connectivity index is 1.82. The van der Waals surface area contributed by atoms with Crippen LogP contribution >= 0.6 is 11.8 Å². The van der Waals surface area contributed by atoms with Gasteiger partial charge in [-0.25, -0.2) is 13.6 Å². The molecule has 2 N–H and O–H groups in total. The van der Waals surface area contributed by atoms with Gasteiger partial charge in [0.2, 0.25) is 10.0 Å². The third kappa shape index (κ3) is 3.84. The van der Waals surface area contributed by atoms with E-state index in [1.165, 1.54) is 23.9 Å². The molecule has 2 aromatic rings. The number of hydrogen-bond acceptors (Lipinski definition) is 6. The fraction of sp³-hybridized carbons (Fsp3) is 0.125. The van der Waals surface area contributed by atoms with Gasteiger partial charge in [0.15, 0.2) is 5.17 Å². The molecule has 2 heterocycles. The number of carbonyl (C=O) groups is 1. The molecule has 0 saturated heterocycles. The van der Waals surface area contributed by atoms with E-state index in [1.807, 2.05) is 14.1 Å². The number of rotatable bonds is 3. The van der Waals surface area contributed by atoms with E-state index in [2.05, 4.69) is 4.99 Å². The van der Waals surface area contributed by atoms with Crippen molar-refractivity contribution >= 4 is 38.9 Å². The van der Waals surface area contributed by atoms with Gasteiger partial charge >= 0.3 is 0 Å². The second-order valence-electron chi connectivity index (χ2n) is 5.48. The van der Waals surface area contributed by atoms with Crippen LogP contribution in [0.2, 0.25) is 0 Å². The fourth-order valence-corrected chi connectivity index (χ4v) is 3.44. The molecule has 1 amide bonds. The van der Waals surface area contributed by atoms with Gasteiger partial charge in [-0.1, -0.05) is 0 Å². The van der Waals surface area contributed by atoms with Gasteiger partial charge in [0.1, 0.15) is 11.5 Å². The summed E-state index contributed by atoms with van der Waals surface area (Å²) >= 11 is 1.28. The Morgan fingerprint density at radius 1 is 1.16 bits per heavy atom. The Morgan fingerprint density at radius 2 is 1.84 bits per heavy atom. The number of benzene rings is 1. The van der Waals surface area contributed by atoms with E-state index in [0.717, 1.165) is 0 Å². The number of carbonyl (C=O) groups excluding carboxylic acids is 1. The van der Waals surface area contributed by atoms with Crippen LogP contribution < -0.4 is 5.14 Å². The third-order valence-corrected chi connectivity index (χ3v) is 5.44. The molecule has 1 aliphatic rings. The lowest BCUT2D eigenvalue weighted by atomic mass is 10.2. The topological polar surface area (TPSA) is 106 Å². The summed E-state index contributed by atoms with van der Waals surface area (Å²) in [6.07, 6.45) is 1.63. The van der Waals surface area contributed by atoms with E-state index in [-0.39, 0.29) is 10.8 Å². The maximum absolute atomic E-state index is 11.9. The molecular formula is C16H15N3O4S2. The van der Waals surface area contributed by atoms with Crippen molar-refractivity contribution < 1.29 is 17.6 Å². The van der Waals surface area contributed by atoms with Gasteiger partial charge in [0.25, 0.3) is 5.91 Å². The molecule has 1 aromatic carbocycles. The van der Waals surface area contributed by atoms with Crippen molar-refractivity contribution in [2.75, 3.05) is 14.1 Å². The summed E-state index contributed by atoms with van der Waals surface area (Å²) in [6.45, 7) is 0. The number of primary sulfonamides is 1. The Bertz CT molecular complexity index is 987. The van der Waals surface area contributed by atoms with Crippen LogP contribution in [0, 0.1) is 0 Å². The van der Waals surface area contributed by atoms with E-state index in [4.69, 9.17) is 9.56 Å². The van der Waals surface area contributed by atoms with E-state index < -0.39 is 10.0 Å². The number of nitrogens with two attached hydrogens (primary N) is 1. The van der Waals surface area contributed by atoms with Crippen molar-refractivity contribution in [1.29, 1.82) is 0 Å². The van der Waals surface area contributed by atoms with Crippen molar-refractivity contribution in [2.24, 2.45) is 10.1 Å². The van der Waals surface area contributed by atoms with Gasteiger partial charge in [0, 0.05) is 25.7 Å². The van der Waals surface area contributed by atoms with Crippen molar-refractivity contribution in [2.45, 2.75) is 4.90 Å². The van der Waals surface area contributed by atoms with Crippen LogP contribution in [0.1, 0.15) is 5.76 Å². The van der Waals surface area contributed by atoms with Crippen LogP contribution in [0.25, 0.3) is 17.4 Å². The largest absolute Gasteiger partial charge is 0.457 e. The monoisotopic (exact) mass is 377 g/mol. The molecular weight excluding hydrogens is 362 g/mol. The molecule has 25 heavy (non-hydrogen) atoms. The average molecular weight is 377 g/mol.